The summed E-state index contributed by atoms with van der Waals surface area (Å²) in [5, 5.41) is 18.7. The van der Waals surface area contributed by atoms with Crippen molar-refractivity contribution in [2.75, 3.05) is 0 Å². The Hall–Kier alpha value is -7.11. The first-order chi connectivity index (χ1) is 25.7. The first-order valence-electron chi connectivity index (χ1n) is 17.2. The first-order valence-corrected chi connectivity index (χ1v) is 17.2. The van der Waals surface area contributed by atoms with Gasteiger partial charge < -0.3 is 9.52 Å². The quantitative estimate of drug-likeness (QED) is 0.185. The number of aromatic nitrogens is 3. The van der Waals surface area contributed by atoms with E-state index in [1.54, 1.807) is 0 Å². The lowest BCUT2D eigenvalue weighted by Gasteiger charge is -2.16. The number of furan rings is 1. The predicted octanol–water partition coefficient (Wildman–Crippen LogP) is 12.1. The summed E-state index contributed by atoms with van der Waals surface area (Å²) in [5.74, 6) is 1.66. The predicted molar refractivity (Wildman–Crippen MR) is 211 cm³/mol. The largest absolute Gasteiger partial charge is 0.507 e. The van der Waals surface area contributed by atoms with Crippen LogP contribution in [0.1, 0.15) is 0 Å². The molecule has 0 saturated carbocycles. The molecule has 0 spiro atoms. The van der Waals surface area contributed by atoms with Crippen LogP contribution in [0.5, 0.6) is 5.75 Å². The summed E-state index contributed by atoms with van der Waals surface area (Å²) >= 11 is 0. The molecule has 0 unspecified atom stereocenters. The van der Waals surface area contributed by atoms with E-state index in [9.17, 15) is 5.11 Å². The number of rotatable bonds is 5. The highest BCUT2D eigenvalue weighted by Crippen LogP contribution is 2.44. The minimum absolute atomic E-state index is 0.118. The van der Waals surface area contributed by atoms with E-state index < -0.39 is 0 Å². The van der Waals surface area contributed by atoms with Crippen molar-refractivity contribution in [3.05, 3.63) is 170 Å². The lowest BCUT2D eigenvalue weighted by molar-refractivity contribution is 0.477. The van der Waals surface area contributed by atoms with Gasteiger partial charge in [-0.25, -0.2) is 15.0 Å². The number of nitrogens with zero attached hydrogens (tertiary/aromatic N) is 3. The van der Waals surface area contributed by atoms with Gasteiger partial charge in [0.05, 0.1) is 0 Å². The summed E-state index contributed by atoms with van der Waals surface area (Å²) in [5.41, 5.74) is 7.14. The van der Waals surface area contributed by atoms with Gasteiger partial charge in [-0.1, -0.05) is 146 Å². The maximum Gasteiger partial charge on any atom is 0.164 e. The van der Waals surface area contributed by atoms with E-state index in [2.05, 4.69) is 72.8 Å². The molecule has 0 atom stereocenters. The molecule has 10 rings (SSSR count). The van der Waals surface area contributed by atoms with Gasteiger partial charge in [-0.15, -0.1) is 0 Å². The van der Waals surface area contributed by atoms with Crippen molar-refractivity contribution in [1.29, 1.82) is 0 Å². The fourth-order valence-corrected chi connectivity index (χ4v) is 7.34. The minimum atomic E-state index is 0.118. The van der Waals surface area contributed by atoms with Crippen LogP contribution in [-0.4, -0.2) is 20.1 Å². The van der Waals surface area contributed by atoms with Gasteiger partial charge in [0.1, 0.15) is 16.9 Å². The molecule has 10 aromatic rings. The zero-order valence-corrected chi connectivity index (χ0v) is 27.9. The standard InChI is InChI=1S/C47H29N3O2/c51-41-28-34(37-19-11-20-39-38-18-9-10-21-42(38)52-44(37)39)27-40(43(41)30-13-3-1-4-14-30)47-49-45(31-15-5-2-6-16-31)48-46(50-47)33-24-25-36-32(26-33)23-22-29-12-7-8-17-35(29)36/h1-28,51H. The highest BCUT2D eigenvalue weighted by Gasteiger charge is 2.22. The number of aromatic hydroxyl groups is 1. The second-order valence-electron chi connectivity index (χ2n) is 13.0. The third kappa shape index (κ3) is 4.98. The molecule has 1 N–H and O–H groups in total. The zero-order chi connectivity index (χ0) is 34.6. The second-order valence-corrected chi connectivity index (χ2v) is 13.0. The number of fused-ring (bicyclic) bond motifs is 6. The lowest BCUT2D eigenvalue weighted by Crippen LogP contribution is -2.01. The van der Waals surface area contributed by atoms with E-state index in [4.69, 9.17) is 19.4 Å². The van der Waals surface area contributed by atoms with Crippen molar-refractivity contribution >= 4 is 43.5 Å². The summed E-state index contributed by atoms with van der Waals surface area (Å²) < 4.78 is 6.43. The smallest absolute Gasteiger partial charge is 0.164 e. The third-order valence-corrected chi connectivity index (χ3v) is 9.81. The summed E-state index contributed by atoms with van der Waals surface area (Å²) in [6.45, 7) is 0. The van der Waals surface area contributed by atoms with Crippen molar-refractivity contribution in [2.45, 2.75) is 0 Å². The second kappa shape index (κ2) is 12.0. The Kier molecular flexibility index (Phi) is 6.89. The van der Waals surface area contributed by atoms with Crippen molar-refractivity contribution in [1.82, 2.24) is 15.0 Å². The van der Waals surface area contributed by atoms with E-state index in [1.165, 1.54) is 16.2 Å². The van der Waals surface area contributed by atoms with Crippen molar-refractivity contribution in [3.63, 3.8) is 0 Å². The summed E-state index contributed by atoms with van der Waals surface area (Å²) in [4.78, 5) is 15.3. The van der Waals surface area contributed by atoms with Gasteiger partial charge in [-0.05, 0) is 56.9 Å². The molecule has 0 bridgehead atoms. The number of para-hydroxylation sites is 2. The Morgan fingerprint density at radius 1 is 0.385 bits per heavy atom. The molecule has 52 heavy (non-hydrogen) atoms. The molecule has 2 heterocycles. The monoisotopic (exact) mass is 667 g/mol. The minimum Gasteiger partial charge on any atom is -0.507 e. The fourth-order valence-electron chi connectivity index (χ4n) is 7.34. The van der Waals surface area contributed by atoms with Gasteiger partial charge in [0.2, 0.25) is 0 Å². The van der Waals surface area contributed by atoms with Crippen LogP contribution in [0.15, 0.2) is 174 Å². The van der Waals surface area contributed by atoms with Crippen LogP contribution in [-0.2, 0) is 0 Å². The van der Waals surface area contributed by atoms with E-state index in [-0.39, 0.29) is 5.75 Å². The molecule has 8 aromatic carbocycles. The van der Waals surface area contributed by atoms with Crippen molar-refractivity contribution < 1.29 is 9.52 Å². The summed E-state index contributed by atoms with van der Waals surface area (Å²) in [6, 6.07) is 57.0. The van der Waals surface area contributed by atoms with Crippen LogP contribution in [0.3, 0.4) is 0 Å². The molecule has 0 saturated heterocycles. The number of hydrogen-bond acceptors (Lipinski definition) is 5. The SMILES string of the molecule is Oc1cc(-c2cccc3c2oc2ccccc23)cc(-c2nc(-c3ccccc3)nc(-c3ccc4c(ccc5ccccc54)c3)n2)c1-c1ccccc1. The van der Waals surface area contributed by atoms with E-state index in [0.717, 1.165) is 55.1 Å². The summed E-state index contributed by atoms with van der Waals surface area (Å²) in [6.07, 6.45) is 0. The number of hydrogen-bond donors (Lipinski definition) is 1. The molecule has 0 aliphatic carbocycles. The Morgan fingerprint density at radius 2 is 1.02 bits per heavy atom. The lowest BCUT2D eigenvalue weighted by atomic mass is 9.92. The normalized spacial score (nSPS) is 11.5. The maximum atomic E-state index is 11.9. The molecular weight excluding hydrogens is 639 g/mol. The molecule has 0 aliphatic rings. The molecule has 5 heteroatoms. The average molecular weight is 668 g/mol. The number of benzene rings is 8. The van der Waals surface area contributed by atoms with Crippen LogP contribution < -0.4 is 0 Å². The van der Waals surface area contributed by atoms with Gasteiger partial charge in [0.25, 0.3) is 0 Å². The van der Waals surface area contributed by atoms with Crippen molar-refractivity contribution in [2.24, 2.45) is 0 Å². The van der Waals surface area contributed by atoms with E-state index in [0.29, 0.717) is 28.6 Å². The molecule has 244 valence electrons. The molecule has 0 radical (unpaired) electrons. The van der Waals surface area contributed by atoms with Crippen molar-refractivity contribution in [3.8, 4) is 62.2 Å². The van der Waals surface area contributed by atoms with Crippen LogP contribution in [0, 0.1) is 0 Å². The molecular formula is C47H29N3O2. The Balaban J connectivity index is 1.23. The Labute approximate surface area is 299 Å². The average Bonchev–Trinajstić information content (AvgIpc) is 3.60. The van der Waals surface area contributed by atoms with Gasteiger partial charge in [-0.2, -0.15) is 0 Å². The molecule has 2 aromatic heterocycles. The molecule has 5 nitrogen and oxygen atoms in total. The Bertz CT molecular complexity index is 2970. The van der Waals surface area contributed by atoms with Crippen LogP contribution in [0.4, 0.5) is 0 Å². The Morgan fingerprint density at radius 3 is 1.85 bits per heavy atom. The van der Waals surface area contributed by atoms with Crippen LogP contribution >= 0.6 is 0 Å². The van der Waals surface area contributed by atoms with Gasteiger partial charge in [0, 0.05) is 38.6 Å². The van der Waals surface area contributed by atoms with Crippen LogP contribution in [0.2, 0.25) is 0 Å². The topological polar surface area (TPSA) is 72.0 Å². The van der Waals surface area contributed by atoms with Crippen LogP contribution in [0.25, 0.3) is 99.9 Å². The molecule has 0 amide bonds. The zero-order valence-electron chi connectivity index (χ0n) is 27.9. The number of phenols is 1. The molecule has 0 aliphatic heterocycles. The number of phenolic OH excluding ortho intramolecular Hbond substituents is 1. The third-order valence-electron chi connectivity index (χ3n) is 9.81. The molecule has 0 fully saturated rings. The first kappa shape index (κ1) is 29.8. The highest BCUT2D eigenvalue weighted by molar-refractivity contribution is 6.10. The van der Waals surface area contributed by atoms with Gasteiger partial charge in [-0.3, -0.25) is 0 Å². The maximum absolute atomic E-state index is 11.9. The van der Waals surface area contributed by atoms with Gasteiger partial charge in [0.15, 0.2) is 17.5 Å². The highest BCUT2D eigenvalue weighted by atomic mass is 16.3. The van der Waals surface area contributed by atoms with E-state index >= 15 is 0 Å². The van der Waals surface area contributed by atoms with E-state index in [1.807, 2.05) is 97.1 Å². The van der Waals surface area contributed by atoms with Gasteiger partial charge >= 0.3 is 0 Å². The summed E-state index contributed by atoms with van der Waals surface area (Å²) in [7, 11) is 0. The fraction of sp³-hybridized carbons (Fsp3) is 0.